The molecule has 5 heteroatoms. The lowest BCUT2D eigenvalue weighted by atomic mass is 9.83. The molecule has 1 aromatic carbocycles. The van der Waals surface area contributed by atoms with E-state index >= 15 is 0 Å². The van der Waals surface area contributed by atoms with Crippen LogP contribution in [0.1, 0.15) is 32.3 Å². The second kappa shape index (κ2) is 7.30. The van der Waals surface area contributed by atoms with Gasteiger partial charge < -0.3 is 10.6 Å². The number of rotatable bonds is 4. The first-order valence-electron chi connectivity index (χ1n) is 6.78. The van der Waals surface area contributed by atoms with E-state index in [1.165, 1.54) is 6.42 Å². The molecule has 0 aliphatic carbocycles. The first kappa shape index (κ1) is 17.3. The van der Waals surface area contributed by atoms with E-state index in [4.69, 9.17) is 11.6 Å². The summed E-state index contributed by atoms with van der Waals surface area (Å²) in [4.78, 5) is 12.4. The molecule has 1 unspecified atom stereocenters. The van der Waals surface area contributed by atoms with Crippen molar-refractivity contribution in [1.82, 2.24) is 10.6 Å². The monoisotopic (exact) mass is 316 g/mol. The standard InChI is InChI=1S/C15H21ClN2O.ClH/c1-15(2,11-5-3-6-12(16)9-11)14(19)18-10-13-7-4-8-17-13;/h3,5-6,9,13,17H,4,7-8,10H2,1-2H3,(H,18,19);1H. The summed E-state index contributed by atoms with van der Waals surface area (Å²) in [7, 11) is 0. The van der Waals surface area contributed by atoms with Crippen LogP contribution in [0, 0.1) is 0 Å². The minimum Gasteiger partial charge on any atom is -0.354 e. The minimum absolute atomic E-state index is 0. The van der Waals surface area contributed by atoms with Crippen molar-refractivity contribution < 1.29 is 4.79 Å². The van der Waals surface area contributed by atoms with Gasteiger partial charge in [0.25, 0.3) is 0 Å². The van der Waals surface area contributed by atoms with E-state index in [9.17, 15) is 4.79 Å². The van der Waals surface area contributed by atoms with Gasteiger partial charge in [0, 0.05) is 17.6 Å². The molecule has 1 heterocycles. The normalized spacial score (nSPS) is 18.4. The highest BCUT2D eigenvalue weighted by molar-refractivity contribution is 6.30. The Morgan fingerprint density at radius 3 is 2.85 bits per heavy atom. The van der Waals surface area contributed by atoms with E-state index in [1.807, 2.05) is 38.1 Å². The van der Waals surface area contributed by atoms with Crippen LogP contribution in [0.25, 0.3) is 0 Å². The van der Waals surface area contributed by atoms with Crippen molar-refractivity contribution in [3.05, 3.63) is 34.9 Å². The highest BCUT2D eigenvalue weighted by Crippen LogP contribution is 2.25. The molecule has 20 heavy (non-hydrogen) atoms. The largest absolute Gasteiger partial charge is 0.354 e. The number of halogens is 2. The van der Waals surface area contributed by atoms with Gasteiger partial charge in [-0.05, 0) is 50.9 Å². The minimum atomic E-state index is -0.566. The number of nitrogens with one attached hydrogen (secondary N) is 2. The van der Waals surface area contributed by atoms with Crippen LogP contribution in [-0.4, -0.2) is 25.0 Å². The van der Waals surface area contributed by atoms with Crippen molar-refractivity contribution in [3.63, 3.8) is 0 Å². The topological polar surface area (TPSA) is 41.1 Å². The Labute approximate surface area is 131 Å². The van der Waals surface area contributed by atoms with Crippen LogP contribution in [-0.2, 0) is 10.2 Å². The summed E-state index contributed by atoms with van der Waals surface area (Å²) in [5, 5.41) is 7.08. The average Bonchev–Trinajstić information content (AvgIpc) is 2.89. The molecule has 0 spiro atoms. The van der Waals surface area contributed by atoms with Crippen LogP contribution >= 0.6 is 24.0 Å². The zero-order chi connectivity index (χ0) is 13.9. The molecule has 1 atom stereocenters. The lowest BCUT2D eigenvalue weighted by Gasteiger charge is -2.25. The van der Waals surface area contributed by atoms with Crippen molar-refractivity contribution in [2.75, 3.05) is 13.1 Å². The summed E-state index contributed by atoms with van der Waals surface area (Å²) in [6.07, 6.45) is 2.33. The lowest BCUT2D eigenvalue weighted by Crippen LogP contribution is -2.45. The summed E-state index contributed by atoms with van der Waals surface area (Å²) in [6, 6.07) is 7.92. The van der Waals surface area contributed by atoms with Crippen molar-refractivity contribution >= 4 is 29.9 Å². The Bertz CT molecular complexity index is 457. The van der Waals surface area contributed by atoms with Gasteiger partial charge in [0.1, 0.15) is 0 Å². The molecule has 1 fully saturated rings. The molecule has 2 rings (SSSR count). The summed E-state index contributed by atoms with van der Waals surface area (Å²) in [6.45, 7) is 5.60. The van der Waals surface area contributed by atoms with Crippen LogP contribution in [0.5, 0.6) is 0 Å². The van der Waals surface area contributed by atoms with E-state index in [2.05, 4.69) is 10.6 Å². The Kier molecular flexibility index (Phi) is 6.31. The Morgan fingerprint density at radius 1 is 1.50 bits per heavy atom. The highest BCUT2D eigenvalue weighted by Gasteiger charge is 2.30. The predicted octanol–water partition coefficient (Wildman–Crippen LogP) is 2.91. The number of benzene rings is 1. The zero-order valence-corrected chi connectivity index (χ0v) is 13.5. The number of hydrogen-bond donors (Lipinski definition) is 2. The number of carbonyl (C=O) groups is 1. The maximum atomic E-state index is 12.4. The quantitative estimate of drug-likeness (QED) is 0.896. The zero-order valence-electron chi connectivity index (χ0n) is 11.9. The van der Waals surface area contributed by atoms with Gasteiger partial charge in [0.05, 0.1) is 5.41 Å². The number of carbonyl (C=O) groups excluding carboxylic acids is 1. The van der Waals surface area contributed by atoms with E-state index < -0.39 is 5.41 Å². The van der Waals surface area contributed by atoms with Gasteiger partial charge in [0.15, 0.2) is 0 Å². The molecule has 2 N–H and O–H groups in total. The molecule has 1 aliphatic heterocycles. The van der Waals surface area contributed by atoms with E-state index in [-0.39, 0.29) is 18.3 Å². The smallest absolute Gasteiger partial charge is 0.230 e. The summed E-state index contributed by atoms with van der Waals surface area (Å²) >= 11 is 5.99. The SMILES string of the molecule is CC(C)(C(=O)NCC1CCCN1)c1cccc(Cl)c1.Cl. The van der Waals surface area contributed by atoms with E-state index in [1.54, 1.807) is 0 Å². The molecular weight excluding hydrogens is 295 g/mol. The lowest BCUT2D eigenvalue weighted by molar-refractivity contribution is -0.125. The molecule has 1 amide bonds. The van der Waals surface area contributed by atoms with Gasteiger partial charge in [0.2, 0.25) is 5.91 Å². The van der Waals surface area contributed by atoms with Gasteiger partial charge >= 0.3 is 0 Å². The third-order valence-electron chi connectivity index (χ3n) is 3.79. The fourth-order valence-electron chi connectivity index (χ4n) is 2.38. The summed E-state index contributed by atoms with van der Waals surface area (Å²) < 4.78 is 0. The van der Waals surface area contributed by atoms with Gasteiger partial charge in [-0.25, -0.2) is 0 Å². The first-order valence-corrected chi connectivity index (χ1v) is 7.15. The van der Waals surface area contributed by atoms with Crippen molar-refractivity contribution in [1.29, 1.82) is 0 Å². The highest BCUT2D eigenvalue weighted by atomic mass is 35.5. The molecular formula is C15H22Cl2N2O. The molecule has 0 bridgehead atoms. The van der Waals surface area contributed by atoms with E-state index in [0.29, 0.717) is 17.6 Å². The van der Waals surface area contributed by atoms with Crippen LogP contribution in [0.15, 0.2) is 24.3 Å². The summed E-state index contributed by atoms with van der Waals surface area (Å²) in [5.41, 5.74) is 0.376. The fraction of sp³-hybridized carbons (Fsp3) is 0.533. The molecule has 1 aliphatic rings. The number of amides is 1. The van der Waals surface area contributed by atoms with Crippen molar-refractivity contribution in [2.45, 2.75) is 38.1 Å². The van der Waals surface area contributed by atoms with Crippen molar-refractivity contribution in [3.8, 4) is 0 Å². The molecule has 1 aromatic rings. The molecule has 0 radical (unpaired) electrons. The Morgan fingerprint density at radius 2 is 2.25 bits per heavy atom. The second-order valence-electron chi connectivity index (χ2n) is 5.64. The molecule has 0 aromatic heterocycles. The van der Waals surface area contributed by atoms with Gasteiger partial charge in [-0.3, -0.25) is 4.79 Å². The van der Waals surface area contributed by atoms with Gasteiger partial charge in [-0.2, -0.15) is 0 Å². The third-order valence-corrected chi connectivity index (χ3v) is 4.02. The Hall–Kier alpha value is -0.770. The second-order valence-corrected chi connectivity index (χ2v) is 6.08. The Balaban J connectivity index is 0.00000200. The van der Waals surface area contributed by atoms with Crippen molar-refractivity contribution in [2.24, 2.45) is 0 Å². The molecule has 0 saturated carbocycles. The first-order chi connectivity index (χ1) is 9.00. The molecule has 3 nitrogen and oxygen atoms in total. The maximum absolute atomic E-state index is 12.4. The van der Waals surface area contributed by atoms with Crippen LogP contribution in [0.3, 0.4) is 0 Å². The summed E-state index contributed by atoms with van der Waals surface area (Å²) in [5.74, 6) is 0.0449. The molecule has 112 valence electrons. The van der Waals surface area contributed by atoms with Gasteiger partial charge in [-0.15, -0.1) is 12.4 Å². The van der Waals surface area contributed by atoms with Crippen LogP contribution in [0.4, 0.5) is 0 Å². The fourth-order valence-corrected chi connectivity index (χ4v) is 2.57. The number of hydrogen-bond acceptors (Lipinski definition) is 2. The maximum Gasteiger partial charge on any atom is 0.230 e. The third kappa shape index (κ3) is 4.11. The average molecular weight is 317 g/mol. The molecule has 1 saturated heterocycles. The van der Waals surface area contributed by atoms with E-state index in [0.717, 1.165) is 18.5 Å². The van der Waals surface area contributed by atoms with Crippen LogP contribution in [0.2, 0.25) is 5.02 Å². The van der Waals surface area contributed by atoms with Crippen LogP contribution < -0.4 is 10.6 Å². The van der Waals surface area contributed by atoms with Gasteiger partial charge in [-0.1, -0.05) is 23.7 Å². The predicted molar refractivity (Wildman–Crippen MR) is 85.8 cm³/mol.